The van der Waals surface area contributed by atoms with Crippen molar-refractivity contribution in [1.82, 2.24) is 0 Å². The largest absolute Gasteiger partial charge is 0.508 e. The number of rotatable bonds is 1. The van der Waals surface area contributed by atoms with Crippen LogP contribution in [0.5, 0.6) is 5.75 Å². The Labute approximate surface area is 65.2 Å². The van der Waals surface area contributed by atoms with Crippen LogP contribution in [0.25, 0.3) is 0 Å². The van der Waals surface area contributed by atoms with E-state index in [-0.39, 0.29) is 0 Å². The Hall–Kier alpha value is -1.72. The van der Waals surface area contributed by atoms with Crippen LogP contribution in [0.2, 0.25) is 0 Å². The van der Waals surface area contributed by atoms with Gasteiger partial charge in [0.2, 0.25) is 11.6 Å². The highest BCUT2D eigenvalue weighted by Crippen LogP contribution is 2.24. The van der Waals surface area contributed by atoms with Crippen molar-refractivity contribution in [1.29, 1.82) is 0 Å². The Morgan fingerprint density at radius 2 is 1.67 bits per heavy atom. The number of phenolic OH excluding ortho intramolecular Hbond substituents is 1. The second kappa shape index (κ2) is 2.72. The van der Waals surface area contributed by atoms with Gasteiger partial charge in [0.25, 0.3) is 4.92 Å². The first kappa shape index (κ1) is 8.38. The summed E-state index contributed by atoms with van der Waals surface area (Å²) in [6, 6.07) is 1.03. The predicted octanol–water partition coefficient (Wildman–Crippen LogP) is 1.47. The summed E-state index contributed by atoms with van der Waals surface area (Å²) in [4.78, 5) is 9.17. The van der Waals surface area contributed by atoms with E-state index in [9.17, 15) is 13.7 Å². The summed E-state index contributed by atoms with van der Waals surface area (Å²) in [7, 11) is 0. The van der Waals surface area contributed by atoms with Crippen LogP contribution in [-0.4, -0.2) is 15.2 Å². The molecule has 0 unspecified atom stereocenters. The molecule has 6 heteroatoms. The fraction of sp³-hybridized carbons (Fsp3) is 0. The first-order chi connectivity index (χ1) is 5.52. The van der Waals surface area contributed by atoms with Gasteiger partial charge >= 0.3 is 5.69 Å². The van der Waals surface area contributed by atoms with E-state index in [1.54, 1.807) is 0 Å². The van der Waals surface area contributed by atoms with E-state index < -0.39 is 28.0 Å². The molecule has 0 aliphatic heterocycles. The van der Waals surface area contributed by atoms with Gasteiger partial charge in [-0.05, 0) is 0 Å². The molecule has 0 bridgehead atoms. The average molecular weight is 176 g/mol. The summed E-state index contributed by atoms with van der Waals surface area (Å²) in [5.41, 5.74) is -1.15. The van der Waals surface area contributed by atoms with Crippen LogP contribution >= 0.6 is 0 Å². The summed E-state index contributed by atoms with van der Waals surface area (Å²) in [6.45, 7) is 0. The molecule has 0 aromatic heterocycles. The van der Waals surface area contributed by atoms with Gasteiger partial charge in [0, 0.05) is 12.1 Å². The highest BCUT2D eigenvalue weighted by Gasteiger charge is 2.26. The normalized spacial score (nSPS) is 9.83. The fourth-order valence-corrected chi connectivity index (χ4v) is 0.735. The van der Waals surface area contributed by atoms with E-state index in [0.29, 0.717) is 12.1 Å². The minimum absolute atomic E-state index is 0.513. The van der Waals surface area contributed by atoms with Gasteiger partial charge in [0.15, 0.2) is 0 Å². The SMILES string of the molecule is O=[N+](O)c1c(F)cc(O)cc1F. The molecule has 0 fully saturated rings. The van der Waals surface area contributed by atoms with Crippen molar-refractivity contribution >= 4 is 5.69 Å². The highest BCUT2D eigenvalue weighted by molar-refractivity contribution is 5.38. The molecule has 1 aromatic carbocycles. The maximum atomic E-state index is 12.6. The molecule has 12 heavy (non-hydrogen) atoms. The lowest BCUT2D eigenvalue weighted by Gasteiger charge is -1.92. The Morgan fingerprint density at radius 3 is 2.00 bits per heavy atom. The van der Waals surface area contributed by atoms with Crippen molar-refractivity contribution in [2.24, 2.45) is 0 Å². The zero-order chi connectivity index (χ0) is 9.30. The molecular formula is C6H4F2NO3+. The molecule has 1 rings (SSSR count). The van der Waals surface area contributed by atoms with Gasteiger partial charge in [-0.15, -0.1) is 0 Å². The van der Waals surface area contributed by atoms with Gasteiger partial charge in [-0.2, -0.15) is 8.78 Å². The lowest BCUT2D eigenvalue weighted by molar-refractivity contribution is -0.732. The number of benzene rings is 1. The summed E-state index contributed by atoms with van der Waals surface area (Å²) in [5.74, 6) is -3.31. The molecule has 0 radical (unpaired) electrons. The lowest BCUT2D eigenvalue weighted by atomic mass is 10.3. The molecule has 0 heterocycles. The van der Waals surface area contributed by atoms with Crippen molar-refractivity contribution < 1.29 is 24.0 Å². The molecule has 4 nitrogen and oxygen atoms in total. The number of phenols is 1. The molecule has 0 atom stereocenters. The minimum Gasteiger partial charge on any atom is -0.508 e. The highest BCUT2D eigenvalue weighted by atomic mass is 19.1. The molecule has 2 N–H and O–H groups in total. The summed E-state index contributed by atoms with van der Waals surface area (Å²) < 4.78 is 25.1. The molecule has 0 amide bonds. The Morgan fingerprint density at radius 1 is 1.25 bits per heavy atom. The van der Waals surface area contributed by atoms with Gasteiger partial charge in [-0.1, -0.05) is 0 Å². The van der Waals surface area contributed by atoms with Crippen molar-refractivity contribution in [3.8, 4) is 5.75 Å². The molecule has 0 spiro atoms. The van der Waals surface area contributed by atoms with Crippen molar-refractivity contribution in [2.75, 3.05) is 0 Å². The van der Waals surface area contributed by atoms with Crippen LogP contribution in [0.4, 0.5) is 14.5 Å². The predicted molar refractivity (Wildman–Crippen MR) is 33.1 cm³/mol. The van der Waals surface area contributed by atoms with Crippen LogP contribution in [0.3, 0.4) is 0 Å². The van der Waals surface area contributed by atoms with E-state index >= 15 is 0 Å². The van der Waals surface area contributed by atoms with Gasteiger partial charge in [-0.3, -0.25) is 0 Å². The van der Waals surface area contributed by atoms with Gasteiger partial charge in [0.05, 0.1) is 4.91 Å². The quantitative estimate of drug-likeness (QED) is 0.637. The topological polar surface area (TPSA) is 60.5 Å². The number of aromatic hydroxyl groups is 1. The number of hydrogen-bond donors (Lipinski definition) is 2. The van der Waals surface area contributed by atoms with Crippen molar-refractivity contribution in [2.45, 2.75) is 0 Å². The zero-order valence-corrected chi connectivity index (χ0v) is 5.66. The second-order valence-electron chi connectivity index (χ2n) is 2.03. The molecule has 0 aliphatic carbocycles. The Balaban J connectivity index is 3.38. The number of halogens is 2. The number of hydrogen-bond acceptors (Lipinski definition) is 2. The van der Waals surface area contributed by atoms with Crippen LogP contribution in [-0.2, 0) is 0 Å². The molecular weight excluding hydrogens is 172 g/mol. The minimum atomic E-state index is -1.33. The number of nitrogens with zero attached hydrogens (tertiary/aromatic N) is 1. The summed E-state index contributed by atoms with van der Waals surface area (Å²) in [6.07, 6.45) is 0. The van der Waals surface area contributed by atoms with Crippen LogP contribution in [0.1, 0.15) is 0 Å². The van der Waals surface area contributed by atoms with E-state index in [2.05, 4.69) is 0 Å². The summed E-state index contributed by atoms with van der Waals surface area (Å²) in [5, 5.41) is 16.8. The van der Waals surface area contributed by atoms with Crippen LogP contribution in [0, 0.1) is 16.5 Å². The Kier molecular flexibility index (Phi) is 1.90. The second-order valence-corrected chi connectivity index (χ2v) is 2.03. The smallest absolute Gasteiger partial charge is 0.387 e. The molecule has 0 aliphatic rings. The first-order valence-corrected chi connectivity index (χ1v) is 2.86. The van der Waals surface area contributed by atoms with E-state index in [0.717, 1.165) is 0 Å². The van der Waals surface area contributed by atoms with Crippen LogP contribution < -0.4 is 0 Å². The molecule has 1 aromatic rings. The third kappa shape index (κ3) is 1.31. The average Bonchev–Trinajstić information content (AvgIpc) is 1.82. The van der Waals surface area contributed by atoms with Gasteiger partial charge in [-0.25, -0.2) is 5.21 Å². The molecule has 0 saturated heterocycles. The van der Waals surface area contributed by atoms with Crippen LogP contribution in [0.15, 0.2) is 12.1 Å². The molecule has 0 saturated carbocycles. The van der Waals surface area contributed by atoms with E-state index in [1.807, 2.05) is 0 Å². The third-order valence-electron chi connectivity index (χ3n) is 1.19. The van der Waals surface area contributed by atoms with Gasteiger partial charge in [0.1, 0.15) is 5.75 Å². The summed E-state index contributed by atoms with van der Waals surface area (Å²) >= 11 is 0. The maximum Gasteiger partial charge on any atom is 0.387 e. The van der Waals surface area contributed by atoms with Crippen molar-refractivity contribution in [3.05, 3.63) is 28.7 Å². The fourth-order valence-electron chi connectivity index (χ4n) is 0.735. The first-order valence-electron chi connectivity index (χ1n) is 2.86. The van der Waals surface area contributed by atoms with Crippen molar-refractivity contribution in [3.63, 3.8) is 0 Å². The van der Waals surface area contributed by atoms with E-state index in [1.165, 1.54) is 0 Å². The standard InChI is InChI=1S/C6H3F2NO3/c7-4-1-3(10)2-5(8)6(4)9(11)12/h1-2H,(H-,10,11,12)/p+1. The molecule has 64 valence electrons. The third-order valence-corrected chi connectivity index (χ3v) is 1.19. The van der Waals surface area contributed by atoms with E-state index in [4.69, 9.17) is 10.3 Å². The van der Waals surface area contributed by atoms with Gasteiger partial charge < -0.3 is 5.11 Å². The Bertz CT molecular complexity index is 317. The monoisotopic (exact) mass is 176 g/mol. The zero-order valence-electron chi connectivity index (χ0n) is 5.66. The lowest BCUT2D eigenvalue weighted by Crippen LogP contribution is -1.98. The maximum absolute atomic E-state index is 12.6.